The van der Waals surface area contributed by atoms with Gasteiger partial charge in [-0.15, -0.1) is 0 Å². The van der Waals surface area contributed by atoms with Crippen LogP contribution in [-0.2, 0) is 38.9 Å². The van der Waals surface area contributed by atoms with Gasteiger partial charge in [0.25, 0.3) is 0 Å². The quantitative estimate of drug-likeness (QED) is 0.0876. The largest absolute Gasteiger partial charge is 1.00 e. The Morgan fingerprint density at radius 1 is 0.433 bits per heavy atom. The molecule has 3 aliphatic rings. The van der Waals surface area contributed by atoms with E-state index in [0.29, 0.717) is 18.1 Å². The van der Waals surface area contributed by atoms with E-state index in [1.807, 2.05) is 0 Å². The van der Waals surface area contributed by atoms with E-state index < -0.39 is 0 Å². The lowest BCUT2D eigenvalue weighted by molar-refractivity contribution is -0.698. The van der Waals surface area contributed by atoms with Gasteiger partial charge in [-0.1, -0.05) is 18.2 Å². The smallest absolute Gasteiger partial charge is 0.173 e. The molecule has 4 aromatic rings. The molecule has 0 radical (unpaired) electrons. The van der Waals surface area contributed by atoms with Crippen molar-refractivity contribution < 1.29 is 64.6 Å². The van der Waals surface area contributed by atoms with Crippen LogP contribution in [0.3, 0.4) is 0 Å². The molecule has 0 amide bonds. The molecule has 330 valence electrons. The third-order valence-corrected chi connectivity index (χ3v) is 13.6. The van der Waals surface area contributed by atoms with Gasteiger partial charge >= 0.3 is 0 Å². The lowest BCUT2D eigenvalue weighted by atomic mass is 9.95. The van der Waals surface area contributed by atoms with E-state index in [-0.39, 0.29) is 50.9 Å². The van der Waals surface area contributed by atoms with E-state index in [0.717, 1.165) is 19.6 Å². The molecule has 6 heterocycles. The average Bonchev–Trinajstić information content (AvgIpc) is 3.98. The molecule has 9 heteroatoms. The minimum atomic E-state index is 0. The number of aryl methyl sites for hydroxylation is 6. The van der Waals surface area contributed by atoms with Crippen LogP contribution in [0.25, 0.3) is 0 Å². The number of nitrogens with zero attached hydrogens (tertiary/aromatic N) is 6. The molecule has 6 nitrogen and oxygen atoms in total. The van der Waals surface area contributed by atoms with Crippen LogP contribution in [0.1, 0.15) is 148 Å². The highest BCUT2D eigenvalue weighted by atomic mass is 79.9. The van der Waals surface area contributed by atoms with Crippen molar-refractivity contribution in [3.8, 4) is 0 Å². The van der Waals surface area contributed by atoms with Gasteiger partial charge in [0.15, 0.2) is 37.2 Å². The Morgan fingerprint density at radius 3 is 1.00 bits per heavy atom. The number of hydrogen-bond donors (Lipinski definition) is 0. The van der Waals surface area contributed by atoms with E-state index >= 15 is 0 Å². The highest BCUT2D eigenvalue weighted by molar-refractivity contribution is 5.31. The number of pyridine rings is 3. The first kappa shape index (κ1) is 50.6. The topological polar surface area (TPSA) is 21.4 Å². The highest BCUT2D eigenvalue weighted by Gasteiger charge is 2.26. The monoisotopic (exact) mass is 1010 g/mol. The van der Waals surface area contributed by atoms with Gasteiger partial charge < -0.3 is 50.9 Å². The lowest BCUT2D eigenvalue weighted by Crippen LogP contribution is -3.00. The molecular weight excluding hydrogens is 936 g/mol. The molecule has 0 N–H and O–H groups in total. The second kappa shape index (κ2) is 26.6. The molecule has 0 spiro atoms. The Morgan fingerprint density at radius 2 is 0.733 bits per heavy atom. The second-order valence-electron chi connectivity index (χ2n) is 18.1. The average molecular weight is 1010 g/mol. The fraction of sp³-hybridized carbons (Fsp3) is 0.588. The molecule has 0 unspecified atom stereocenters. The van der Waals surface area contributed by atoms with Crippen LogP contribution in [0.5, 0.6) is 0 Å². The zero-order chi connectivity index (χ0) is 39.2. The van der Waals surface area contributed by atoms with Crippen molar-refractivity contribution in [1.82, 2.24) is 14.7 Å². The van der Waals surface area contributed by atoms with Gasteiger partial charge in [0.1, 0.15) is 19.6 Å². The van der Waals surface area contributed by atoms with E-state index in [4.69, 9.17) is 0 Å². The molecular formula is C51H75Br3N6. The number of aromatic nitrogens is 3. The van der Waals surface area contributed by atoms with E-state index in [1.54, 1.807) is 16.7 Å². The van der Waals surface area contributed by atoms with Gasteiger partial charge in [-0.3, -0.25) is 14.7 Å². The van der Waals surface area contributed by atoms with E-state index in [1.165, 1.54) is 152 Å². The minimum absolute atomic E-state index is 0. The number of hydrogen-bond acceptors (Lipinski definition) is 3. The summed E-state index contributed by atoms with van der Waals surface area (Å²) in [5, 5.41) is 0. The summed E-state index contributed by atoms with van der Waals surface area (Å²) in [4.78, 5) is 7.56. The maximum absolute atomic E-state index is 2.56. The molecule has 1 aromatic carbocycles. The molecule has 3 aromatic heterocycles. The number of likely N-dealkylation sites (tertiary alicyclic amines) is 3. The fourth-order valence-corrected chi connectivity index (χ4v) is 10.3. The predicted octanol–water partition coefficient (Wildman–Crippen LogP) is 0.100. The number of unbranched alkanes of at least 4 members (excludes halogenated alkanes) is 6. The molecule has 3 aliphatic heterocycles. The third-order valence-electron chi connectivity index (χ3n) is 13.6. The van der Waals surface area contributed by atoms with E-state index in [9.17, 15) is 0 Å². The SMILES string of the molecule is CN1CCC[C@H]1c1ccc[n+](CCCCCc2cc(CCCCC[n+]3cccc([C@@H]4CCCN4C)c3)cc(CCCCC[n+]3cccc([C@@H]4CCCN4C)c3)c2)c1.[Br-].[Br-].[Br-]. The molecule has 0 bridgehead atoms. The summed E-state index contributed by atoms with van der Waals surface area (Å²) >= 11 is 0. The molecule has 0 aliphatic carbocycles. The van der Waals surface area contributed by atoms with Crippen LogP contribution < -0.4 is 64.6 Å². The molecule has 60 heavy (non-hydrogen) atoms. The molecule has 0 saturated carbocycles. The van der Waals surface area contributed by atoms with Gasteiger partial charge in [0.2, 0.25) is 0 Å². The number of rotatable bonds is 21. The Labute approximate surface area is 396 Å². The normalized spacial score (nSPS) is 19.6. The molecule has 3 atom stereocenters. The first-order valence-electron chi connectivity index (χ1n) is 23.2. The van der Waals surface area contributed by atoms with Crippen molar-refractivity contribution in [2.45, 2.75) is 153 Å². The molecule has 3 fully saturated rings. The zero-order valence-corrected chi connectivity index (χ0v) is 41.9. The van der Waals surface area contributed by atoms with Crippen molar-refractivity contribution >= 4 is 0 Å². The van der Waals surface area contributed by atoms with Gasteiger partial charge in [-0.05, 0) is 172 Å². The summed E-state index contributed by atoms with van der Waals surface area (Å²) in [5.74, 6) is 0. The van der Waals surface area contributed by atoms with Crippen LogP contribution in [0, 0.1) is 0 Å². The van der Waals surface area contributed by atoms with Crippen LogP contribution in [0.4, 0.5) is 0 Å². The van der Waals surface area contributed by atoms with Crippen LogP contribution in [0.2, 0.25) is 0 Å². The van der Waals surface area contributed by atoms with Gasteiger partial charge in [0, 0.05) is 72.3 Å². The molecule has 3 saturated heterocycles. The zero-order valence-electron chi connectivity index (χ0n) is 37.2. The maximum atomic E-state index is 2.56. The lowest BCUT2D eigenvalue weighted by Gasteiger charge is -2.18. The number of benzene rings is 1. The van der Waals surface area contributed by atoms with Crippen LogP contribution >= 0.6 is 0 Å². The third kappa shape index (κ3) is 15.1. The molecule has 7 rings (SSSR count). The first-order chi connectivity index (χ1) is 28.0. The second-order valence-corrected chi connectivity index (χ2v) is 18.1. The fourth-order valence-electron chi connectivity index (χ4n) is 10.3. The van der Waals surface area contributed by atoms with Gasteiger partial charge in [-0.2, -0.15) is 0 Å². The van der Waals surface area contributed by atoms with Crippen molar-refractivity contribution in [2.75, 3.05) is 40.8 Å². The first-order valence-corrected chi connectivity index (χ1v) is 23.2. The summed E-state index contributed by atoms with van der Waals surface area (Å²) in [6.07, 6.45) is 36.9. The number of halogens is 3. The van der Waals surface area contributed by atoms with Crippen molar-refractivity contribution in [3.63, 3.8) is 0 Å². The maximum Gasteiger partial charge on any atom is 0.173 e. The standard InChI is InChI=1S/C51H75N6.3BrH/c1-52-28-16-25-49(52)46-22-13-34-55(40-46)31-10-4-7-19-43-37-44(20-8-5-11-32-56-35-14-23-47(41-56)50-26-17-29-53(50)2)39-45(38-43)21-9-6-12-33-57-36-15-24-48(42-57)51-27-18-30-54(51)3;;;/h13-15,22-24,34-42,49-51H,4-12,16-21,25-33H2,1-3H3;3*1H/q+3;;;/p-3/t49-,50-,51-;;;/m0.../s1. The Bertz CT molecular complexity index is 1620. The summed E-state index contributed by atoms with van der Waals surface area (Å²) < 4.78 is 7.31. The van der Waals surface area contributed by atoms with Crippen molar-refractivity contribution in [3.05, 3.63) is 125 Å². The Balaban J connectivity index is 0.00000265. The van der Waals surface area contributed by atoms with Crippen LogP contribution in [-0.4, -0.2) is 55.5 Å². The van der Waals surface area contributed by atoms with E-state index in [2.05, 4.69) is 141 Å². The minimum Gasteiger partial charge on any atom is -1.00 e. The van der Waals surface area contributed by atoms with Crippen LogP contribution in [0.15, 0.2) is 91.8 Å². The summed E-state index contributed by atoms with van der Waals surface area (Å²) in [6.45, 7) is 7.04. The van der Waals surface area contributed by atoms with Gasteiger partial charge in [0.05, 0.1) is 0 Å². The Kier molecular flexibility index (Phi) is 22.4. The summed E-state index contributed by atoms with van der Waals surface area (Å²) in [5.41, 5.74) is 9.16. The summed E-state index contributed by atoms with van der Waals surface area (Å²) in [6, 6.07) is 23.2. The highest BCUT2D eigenvalue weighted by Crippen LogP contribution is 2.31. The summed E-state index contributed by atoms with van der Waals surface area (Å²) in [7, 11) is 6.84. The Hall–Kier alpha value is -2.01. The van der Waals surface area contributed by atoms with Crippen molar-refractivity contribution in [1.29, 1.82) is 0 Å². The van der Waals surface area contributed by atoms with Crippen molar-refractivity contribution in [2.24, 2.45) is 0 Å². The van der Waals surface area contributed by atoms with Gasteiger partial charge in [-0.25, -0.2) is 13.7 Å². The predicted molar refractivity (Wildman–Crippen MR) is 233 cm³/mol.